The lowest BCUT2D eigenvalue weighted by molar-refractivity contribution is -0.123. The van der Waals surface area contributed by atoms with Crippen LogP contribution in [0.3, 0.4) is 0 Å². The molecule has 0 saturated carbocycles. The van der Waals surface area contributed by atoms with Gasteiger partial charge < -0.3 is 14.2 Å². The summed E-state index contributed by atoms with van der Waals surface area (Å²) in [5, 5.41) is 0. The van der Waals surface area contributed by atoms with Gasteiger partial charge in [-0.3, -0.25) is 4.79 Å². The zero-order chi connectivity index (χ0) is 12.3. The fourth-order valence-electron chi connectivity index (χ4n) is 1.48. The number of ether oxygens (including phenoxy) is 3. The Morgan fingerprint density at radius 1 is 1.53 bits per heavy atom. The number of carbonyl (C=O) groups excluding carboxylic acids is 1. The highest BCUT2D eigenvalue weighted by Crippen LogP contribution is 2.20. The van der Waals surface area contributed by atoms with Crippen molar-refractivity contribution >= 4 is 5.78 Å². The highest BCUT2D eigenvalue weighted by Gasteiger charge is 2.21. The lowest BCUT2D eigenvalue weighted by atomic mass is 10.1. The molecule has 5 heteroatoms. The molecule has 4 nitrogen and oxygen atoms in total. The third-order valence-corrected chi connectivity index (χ3v) is 2.52. The molecule has 0 atom stereocenters. The number of halogens is 1. The van der Waals surface area contributed by atoms with Gasteiger partial charge in [0.2, 0.25) is 0 Å². The fraction of sp³-hybridized carbons (Fsp3) is 0.417. The first-order valence-electron chi connectivity index (χ1n) is 5.27. The Morgan fingerprint density at radius 2 is 2.29 bits per heavy atom. The first kappa shape index (κ1) is 12.0. The normalized spacial score (nSPS) is 15.4. The molecule has 0 aliphatic carbocycles. The van der Waals surface area contributed by atoms with Gasteiger partial charge in [-0.2, -0.15) is 0 Å². The molecule has 1 heterocycles. The Labute approximate surface area is 98.3 Å². The quantitative estimate of drug-likeness (QED) is 0.730. The van der Waals surface area contributed by atoms with Gasteiger partial charge >= 0.3 is 0 Å². The van der Waals surface area contributed by atoms with Crippen LogP contribution >= 0.6 is 0 Å². The monoisotopic (exact) mass is 240 g/mol. The predicted molar refractivity (Wildman–Crippen MR) is 57.8 cm³/mol. The van der Waals surface area contributed by atoms with Crippen molar-refractivity contribution in [2.75, 3.05) is 26.9 Å². The van der Waals surface area contributed by atoms with Crippen LogP contribution in [0.5, 0.6) is 5.75 Å². The second-order valence-electron chi connectivity index (χ2n) is 3.74. The van der Waals surface area contributed by atoms with Gasteiger partial charge in [-0.1, -0.05) is 0 Å². The van der Waals surface area contributed by atoms with Crippen molar-refractivity contribution < 1.29 is 23.4 Å². The maximum Gasteiger partial charge on any atom is 0.192 e. The van der Waals surface area contributed by atoms with Crippen LogP contribution in [0.2, 0.25) is 0 Å². The summed E-state index contributed by atoms with van der Waals surface area (Å²) in [7, 11) is 1.44. The average molecular weight is 240 g/mol. The largest absolute Gasteiger partial charge is 0.496 e. The van der Waals surface area contributed by atoms with Crippen LogP contribution in [-0.2, 0) is 9.47 Å². The highest BCUT2D eigenvalue weighted by molar-refractivity contribution is 5.99. The Morgan fingerprint density at radius 3 is 2.88 bits per heavy atom. The van der Waals surface area contributed by atoms with E-state index in [1.165, 1.54) is 19.2 Å². The number of benzene rings is 1. The summed E-state index contributed by atoms with van der Waals surface area (Å²) < 4.78 is 28.2. The van der Waals surface area contributed by atoms with E-state index in [4.69, 9.17) is 14.2 Å². The van der Waals surface area contributed by atoms with E-state index < -0.39 is 5.82 Å². The molecule has 0 amide bonds. The molecular formula is C12H13FO4. The molecule has 0 radical (unpaired) electrons. The smallest absolute Gasteiger partial charge is 0.192 e. The van der Waals surface area contributed by atoms with Crippen molar-refractivity contribution in [3.63, 3.8) is 0 Å². The zero-order valence-corrected chi connectivity index (χ0v) is 9.44. The zero-order valence-electron chi connectivity index (χ0n) is 9.44. The van der Waals surface area contributed by atoms with Gasteiger partial charge in [-0.25, -0.2) is 4.39 Å². The summed E-state index contributed by atoms with van der Waals surface area (Å²) in [6.07, 6.45) is -0.0292. The maximum atomic E-state index is 13.1. The molecule has 1 aromatic carbocycles. The average Bonchev–Trinajstić information content (AvgIpc) is 2.26. The van der Waals surface area contributed by atoms with Gasteiger partial charge in [0.15, 0.2) is 5.78 Å². The van der Waals surface area contributed by atoms with Crippen LogP contribution in [-0.4, -0.2) is 38.8 Å². The summed E-state index contributed by atoms with van der Waals surface area (Å²) >= 11 is 0. The van der Waals surface area contributed by atoms with Crippen molar-refractivity contribution in [1.82, 2.24) is 0 Å². The van der Waals surface area contributed by atoms with Gasteiger partial charge in [0.25, 0.3) is 0 Å². The topological polar surface area (TPSA) is 44.8 Å². The van der Waals surface area contributed by atoms with Gasteiger partial charge in [-0.05, 0) is 18.2 Å². The lowest BCUT2D eigenvalue weighted by Crippen LogP contribution is -2.37. The standard InChI is InChI=1S/C12H13FO4/c1-15-12-3-2-8(13)4-10(12)11(14)7-17-9-5-16-6-9/h2-4,9H,5-7H2,1H3. The van der Waals surface area contributed by atoms with Crippen molar-refractivity contribution in [1.29, 1.82) is 0 Å². The molecule has 1 aromatic rings. The van der Waals surface area contributed by atoms with E-state index >= 15 is 0 Å². The minimum atomic E-state index is -0.471. The Hall–Kier alpha value is -1.46. The molecule has 0 aromatic heterocycles. The third kappa shape index (κ3) is 2.81. The van der Waals surface area contributed by atoms with E-state index in [0.29, 0.717) is 19.0 Å². The number of ketones is 1. The second-order valence-corrected chi connectivity index (χ2v) is 3.74. The predicted octanol–water partition coefficient (Wildman–Crippen LogP) is 1.43. The maximum absolute atomic E-state index is 13.1. The lowest BCUT2D eigenvalue weighted by Gasteiger charge is -2.25. The molecule has 17 heavy (non-hydrogen) atoms. The molecule has 1 fully saturated rings. The Bertz CT molecular complexity index is 415. The molecule has 0 bridgehead atoms. The van der Waals surface area contributed by atoms with Gasteiger partial charge in [0, 0.05) is 0 Å². The molecule has 92 valence electrons. The number of hydrogen-bond donors (Lipinski definition) is 0. The van der Waals surface area contributed by atoms with Crippen molar-refractivity contribution in [3.05, 3.63) is 29.6 Å². The number of methoxy groups -OCH3 is 1. The third-order valence-electron chi connectivity index (χ3n) is 2.52. The van der Waals surface area contributed by atoms with Gasteiger partial charge in [0.1, 0.15) is 24.3 Å². The summed E-state index contributed by atoms with van der Waals surface area (Å²) in [6, 6.07) is 3.83. The van der Waals surface area contributed by atoms with Crippen LogP contribution in [0.1, 0.15) is 10.4 Å². The molecule has 1 aliphatic heterocycles. The van der Waals surface area contributed by atoms with E-state index in [9.17, 15) is 9.18 Å². The summed E-state index contributed by atoms with van der Waals surface area (Å²) in [5.74, 6) is -0.417. The summed E-state index contributed by atoms with van der Waals surface area (Å²) in [6.45, 7) is 0.926. The van der Waals surface area contributed by atoms with Crippen molar-refractivity contribution in [2.24, 2.45) is 0 Å². The van der Waals surface area contributed by atoms with Crippen LogP contribution in [0.25, 0.3) is 0 Å². The van der Waals surface area contributed by atoms with E-state index in [2.05, 4.69) is 0 Å². The molecule has 1 saturated heterocycles. The van der Waals surface area contributed by atoms with Crippen LogP contribution < -0.4 is 4.74 Å². The first-order valence-corrected chi connectivity index (χ1v) is 5.27. The van der Waals surface area contributed by atoms with Crippen molar-refractivity contribution in [2.45, 2.75) is 6.10 Å². The van der Waals surface area contributed by atoms with Crippen LogP contribution in [0.15, 0.2) is 18.2 Å². The van der Waals surface area contributed by atoms with E-state index in [-0.39, 0.29) is 24.1 Å². The minimum Gasteiger partial charge on any atom is -0.496 e. The fourth-order valence-corrected chi connectivity index (χ4v) is 1.48. The highest BCUT2D eigenvalue weighted by atomic mass is 19.1. The summed E-state index contributed by atoms with van der Waals surface area (Å²) in [4.78, 5) is 11.8. The minimum absolute atomic E-state index is 0.0292. The second kappa shape index (κ2) is 5.25. The number of Topliss-reactive ketones (excluding diaryl/α,β-unsaturated/α-hetero) is 1. The van der Waals surface area contributed by atoms with E-state index in [0.717, 1.165) is 6.07 Å². The molecule has 2 rings (SSSR count). The number of carbonyl (C=O) groups is 1. The molecule has 0 unspecified atom stereocenters. The Balaban J connectivity index is 2.03. The molecule has 0 N–H and O–H groups in total. The van der Waals surface area contributed by atoms with Gasteiger partial charge in [0.05, 0.1) is 25.9 Å². The van der Waals surface area contributed by atoms with Crippen LogP contribution in [0, 0.1) is 5.82 Å². The number of rotatable bonds is 5. The van der Waals surface area contributed by atoms with Crippen LogP contribution in [0.4, 0.5) is 4.39 Å². The molecule has 1 aliphatic rings. The first-order chi connectivity index (χ1) is 8.20. The summed E-state index contributed by atoms with van der Waals surface area (Å²) in [5.41, 5.74) is 0.202. The molecule has 0 spiro atoms. The Kier molecular flexibility index (Phi) is 3.71. The number of hydrogen-bond acceptors (Lipinski definition) is 4. The van der Waals surface area contributed by atoms with E-state index in [1.54, 1.807) is 0 Å². The molecular weight excluding hydrogens is 227 g/mol. The van der Waals surface area contributed by atoms with Crippen molar-refractivity contribution in [3.8, 4) is 5.75 Å². The van der Waals surface area contributed by atoms with Gasteiger partial charge in [-0.15, -0.1) is 0 Å². The SMILES string of the molecule is COc1ccc(F)cc1C(=O)COC1COC1. The van der Waals surface area contributed by atoms with E-state index in [1.807, 2.05) is 0 Å².